The fourth-order valence-electron chi connectivity index (χ4n) is 2.02. The van der Waals surface area contributed by atoms with E-state index >= 15 is 0 Å². The molecule has 2 nitrogen and oxygen atoms in total. The highest BCUT2D eigenvalue weighted by molar-refractivity contribution is 5.14. The fraction of sp³-hybridized carbons (Fsp3) is 0.636. The SMILES string of the molecule is CC(C)C1CCc2nccnc2C1. The molecule has 1 unspecified atom stereocenters. The number of hydrogen-bond acceptors (Lipinski definition) is 2. The first kappa shape index (κ1) is 8.67. The van der Waals surface area contributed by atoms with Crippen molar-refractivity contribution in [2.24, 2.45) is 11.8 Å². The maximum absolute atomic E-state index is 4.39. The minimum atomic E-state index is 0.773. The fourth-order valence-corrected chi connectivity index (χ4v) is 2.02. The number of nitrogens with zero attached hydrogens (tertiary/aromatic N) is 2. The average molecular weight is 176 g/mol. The Morgan fingerprint density at radius 1 is 1.23 bits per heavy atom. The lowest BCUT2D eigenvalue weighted by Crippen LogP contribution is -2.20. The van der Waals surface area contributed by atoms with E-state index in [9.17, 15) is 0 Å². The molecule has 1 aromatic rings. The van der Waals surface area contributed by atoms with Crippen molar-refractivity contribution in [1.82, 2.24) is 9.97 Å². The number of rotatable bonds is 1. The lowest BCUT2D eigenvalue weighted by molar-refractivity contribution is 0.336. The second-order valence-electron chi connectivity index (χ2n) is 4.20. The van der Waals surface area contributed by atoms with Gasteiger partial charge in [-0.3, -0.25) is 9.97 Å². The predicted molar refractivity (Wildman–Crippen MR) is 52.4 cm³/mol. The Morgan fingerprint density at radius 3 is 2.62 bits per heavy atom. The van der Waals surface area contributed by atoms with Crippen LogP contribution in [0.15, 0.2) is 12.4 Å². The van der Waals surface area contributed by atoms with Crippen LogP contribution in [-0.4, -0.2) is 9.97 Å². The van der Waals surface area contributed by atoms with Crippen molar-refractivity contribution in [3.63, 3.8) is 0 Å². The van der Waals surface area contributed by atoms with Crippen LogP contribution < -0.4 is 0 Å². The van der Waals surface area contributed by atoms with E-state index in [1.54, 1.807) is 6.20 Å². The number of fused-ring (bicyclic) bond motifs is 1. The molecule has 2 rings (SSSR count). The summed E-state index contributed by atoms with van der Waals surface area (Å²) >= 11 is 0. The van der Waals surface area contributed by atoms with Crippen LogP contribution in [-0.2, 0) is 12.8 Å². The van der Waals surface area contributed by atoms with E-state index in [1.165, 1.54) is 17.8 Å². The third-order valence-electron chi connectivity index (χ3n) is 3.01. The standard InChI is InChI=1S/C11H16N2/c1-8(2)9-3-4-10-11(7-9)13-6-5-12-10/h5-6,8-9H,3-4,7H2,1-2H3. The molecule has 70 valence electrons. The van der Waals surface area contributed by atoms with Gasteiger partial charge in [-0.1, -0.05) is 13.8 Å². The lowest BCUT2D eigenvalue weighted by atomic mass is 9.82. The first-order chi connectivity index (χ1) is 6.27. The summed E-state index contributed by atoms with van der Waals surface area (Å²) in [5.41, 5.74) is 2.45. The van der Waals surface area contributed by atoms with Gasteiger partial charge in [-0.15, -0.1) is 0 Å². The highest BCUT2D eigenvalue weighted by Crippen LogP contribution is 2.27. The molecule has 1 heterocycles. The van der Waals surface area contributed by atoms with Crippen LogP contribution in [0.25, 0.3) is 0 Å². The second kappa shape index (κ2) is 3.44. The van der Waals surface area contributed by atoms with E-state index in [-0.39, 0.29) is 0 Å². The summed E-state index contributed by atoms with van der Waals surface area (Å²) in [7, 11) is 0. The zero-order valence-corrected chi connectivity index (χ0v) is 8.33. The minimum Gasteiger partial charge on any atom is -0.258 e. The molecular formula is C11H16N2. The van der Waals surface area contributed by atoms with Crippen LogP contribution in [0.4, 0.5) is 0 Å². The number of hydrogen-bond donors (Lipinski definition) is 0. The van der Waals surface area contributed by atoms with Crippen molar-refractivity contribution in [1.29, 1.82) is 0 Å². The third-order valence-corrected chi connectivity index (χ3v) is 3.01. The maximum atomic E-state index is 4.39. The van der Waals surface area contributed by atoms with Crippen LogP contribution in [0, 0.1) is 11.8 Å². The van der Waals surface area contributed by atoms with Crippen LogP contribution in [0.1, 0.15) is 31.7 Å². The quantitative estimate of drug-likeness (QED) is 0.655. The van der Waals surface area contributed by atoms with E-state index < -0.39 is 0 Å². The molecule has 1 aliphatic rings. The molecule has 0 fully saturated rings. The maximum Gasteiger partial charge on any atom is 0.0621 e. The van der Waals surface area contributed by atoms with Crippen LogP contribution in [0.3, 0.4) is 0 Å². The van der Waals surface area contributed by atoms with Crippen LogP contribution >= 0.6 is 0 Å². The zero-order valence-electron chi connectivity index (χ0n) is 8.33. The van der Waals surface area contributed by atoms with E-state index in [4.69, 9.17) is 0 Å². The monoisotopic (exact) mass is 176 g/mol. The first-order valence-electron chi connectivity index (χ1n) is 5.06. The summed E-state index contributed by atoms with van der Waals surface area (Å²) in [6.07, 6.45) is 7.13. The van der Waals surface area contributed by atoms with Gasteiger partial charge in [-0.2, -0.15) is 0 Å². The van der Waals surface area contributed by atoms with Gasteiger partial charge < -0.3 is 0 Å². The van der Waals surface area contributed by atoms with Gasteiger partial charge in [0.05, 0.1) is 11.4 Å². The molecule has 2 heteroatoms. The smallest absolute Gasteiger partial charge is 0.0621 e. The van der Waals surface area contributed by atoms with E-state index in [0.717, 1.165) is 24.7 Å². The third kappa shape index (κ3) is 1.71. The Hall–Kier alpha value is -0.920. The highest BCUT2D eigenvalue weighted by Gasteiger charge is 2.22. The van der Waals surface area contributed by atoms with Crippen LogP contribution in [0.5, 0.6) is 0 Å². The highest BCUT2D eigenvalue weighted by atomic mass is 14.8. The molecular weight excluding hydrogens is 160 g/mol. The van der Waals surface area contributed by atoms with Crippen molar-refractivity contribution in [3.05, 3.63) is 23.8 Å². The Bertz CT molecular complexity index is 294. The van der Waals surface area contributed by atoms with Gasteiger partial charge in [0.1, 0.15) is 0 Å². The van der Waals surface area contributed by atoms with Crippen molar-refractivity contribution in [2.75, 3.05) is 0 Å². The van der Waals surface area contributed by atoms with Gasteiger partial charge in [0.25, 0.3) is 0 Å². The molecule has 0 saturated heterocycles. The molecule has 0 spiro atoms. The Kier molecular flexibility index (Phi) is 2.30. The van der Waals surface area contributed by atoms with Crippen molar-refractivity contribution < 1.29 is 0 Å². The second-order valence-corrected chi connectivity index (χ2v) is 4.20. The van der Waals surface area contributed by atoms with Gasteiger partial charge in [0.2, 0.25) is 0 Å². The molecule has 0 saturated carbocycles. The van der Waals surface area contributed by atoms with Crippen molar-refractivity contribution in [2.45, 2.75) is 33.1 Å². The Labute approximate surface area is 79.4 Å². The molecule has 0 aromatic carbocycles. The number of aryl methyl sites for hydroxylation is 1. The zero-order chi connectivity index (χ0) is 9.26. The molecule has 1 aromatic heterocycles. The largest absolute Gasteiger partial charge is 0.258 e. The predicted octanol–water partition coefficient (Wildman–Crippen LogP) is 2.24. The minimum absolute atomic E-state index is 0.773. The summed E-state index contributed by atoms with van der Waals surface area (Å²) in [4.78, 5) is 8.74. The Balaban J connectivity index is 2.20. The Morgan fingerprint density at radius 2 is 1.92 bits per heavy atom. The number of aromatic nitrogens is 2. The summed E-state index contributed by atoms with van der Waals surface area (Å²) in [5, 5.41) is 0. The average Bonchev–Trinajstić information content (AvgIpc) is 2.17. The van der Waals surface area contributed by atoms with Gasteiger partial charge in [-0.05, 0) is 31.1 Å². The first-order valence-corrected chi connectivity index (χ1v) is 5.06. The molecule has 0 bridgehead atoms. The molecule has 13 heavy (non-hydrogen) atoms. The molecule has 1 atom stereocenters. The molecule has 0 amide bonds. The normalized spacial score (nSPS) is 21.6. The van der Waals surface area contributed by atoms with Gasteiger partial charge in [-0.25, -0.2) is 0 Å². The summed E-state index contributed by atoms with van der Waals surface area (Å²) in [5.74, 6) is 1.58. The molecule has 0 aliphatic heterocycles. The van der Waals surface area contributed by atoms with E-state index in [2.05, 4.69) is 23.8 Å². The van der Waals surface area contributed by atoms with Gasteiger partial charge >= 0.3 is 0 Å². The van der Waals surface area contributed by atoms with Gasteiger partial charge in [0.15, 0.2) is 0 Å². The summed E-state index contributed by atoms with van der Waals surface area (Å²) < 4.78 is 0. The molecule has 0 radical (unpaired) electrons. The summed E-state index contributed by atoms with van der Waals surface area (Å²) in [6.45, 7) is 4.60. The topological polar surface area (TPSA) is 25.8 Å². The van der Waals surface area contributed by atoms with Crippen molar-refractivity contribution >= 4 is 0 Å². The molecule has 0 N–H and O–H groups in total. The van der Waals surface area contributed by atoms with Crippen LogP contribution in [0.2, 0.25) is 0 Å². The molecule has 1 aliphatic carbocycles. The van der Waals surface area contributed by atoms with Gasteiger partial charge in [0, 0.05) is 12.4 Å². The van der Waals surface area contributed by atoms with E-state index in [1.807, 2.05) is 6.20 Å². The van der Waals surface area contributed by atoms with E-state index in [0.29, 0.717) is 0 Å². The lowest BCUT2D eigenvalue weighted by Gasteiger charge is -2.25. The van der Waals surface area contributed by atoms with Crippen molar-refractivity contribution in [3.8, 4) is 0 Å². The summed E-state index contributed by atoms with van der Waals surface area (Å²) in [6, 6.07) is 0.